The molecule has 0 aliphatic carbocycles. The number of carbonyl (C=O) groups excluding carboxylic acids is 1. The molecule has 0 saturated carbocycles. The van der Waals surface area contributed by atoms with Gasteiger partial charge in [-0.15, -0.1) is 0 Å². The van der Waals surface area contributed by atoms with Crippen LogP contribution in [0.3, 0.4) is 0 Å². The molecule has 2 aromatic rings. The lowest BCUT2D eigenvalue weighted by molar-refractivity contribution is 0.0657. The van der Waals surface area contributed by atoms with Crippen LogP contribution in [0, 0.1) is 11.8 Å². The Bertz CT molecular complexity index is 751. The largest absolute Gasteiger partial charge is 0.388 e. The lowest BCUT2D eigenvalue weighted by Crippen LogP contribution is -2.33. The van der Waals surface area contributed by atoms with Crippen LogP contribution in [0.2, 0.25) is 0 Å². The Morgan fingerprint density at radius 3 is 1.45 bits per heavy atom. The smallest absolute Gasteiger partial charge is 0.166 e. The summed E-state index contributed by atoms with van der Waals surface area (Å²) in [6.07, 6.45) is 3.94. The third-order valence-corrected chi connectivity index (χ3v) is 6.50. The maximum atomic E-state index is 12.1. The fourth-order valence-corrected chi connectivity index (χ4v) is 4.38. The first-order valence-electron chi connectivity index (χ1n) is 15.2. The van der Waals surface area contributed by atoms with Gasteiger partial charge in [0.15, 0.2) is 5.78 Å². The third kappa shape index (κ3) is 14.8. The number of hydrogen-bond donors (Lipinski definition) is 1. The van der Waals surface area contributed by atoms with E-state index in [9.17, 15) is 9.90 Å². The zero-order valence-corrected chi connectivity index (χ0v) is 26.4. The van der Waals surface area contributed by atoms with Crippen molar-refractivity contribution < 1.29 is 9.90 Å². The number of piperidine rings is 2. The molecule has 2 saturated heterocycles. The van der Waals surface area contributed by atoms with Crippen molar-refractivity contribution in [3.8, 4) is 0 Å². The van der Waals surface area contributed by atoms with Gasteiger partial charge in [-0.2, -0.15) is 0 Å². The fraction of sp³-hybridized carbons (Fsp3) is 0.618. The molecule has 4 nitrogen and oxygen atoms in total. The van der Waals surface area contributed by atoms with Crippen LogP contribution in [-0.4, -0.2) is 61.0 Å². The molecule has 2 heterocycles. The van der Waals surface area contributed by atoms with E-state index in [0.717, 1.165) is 63.0 Å². The van der Waals surface area contributed by atoms with E-state index < -0.39 is 0 Å². The summed E-state index contributed by atoms with van der Waals surface area (Å²) in [4.78, 5) is 16.7. The molecule has 0 amide bonds. The molecule has 218 valence electrons. The molecule has 2 aromatic carbocycles. The van der Waals surface area contributed by atoms with E-state index in [-0.39, 0.29) is 12.0 Å². The molecule has 0 radical (unpaired) electrons. The van der Waals surface area contributed by atoms with Gasteiger partial charge in [-0.25, -0.2) is 0 Å². The van der Waals surface area contributed by atoms with Gasteiger partial charge in [0, 0.05) is 11.5 Å². The van der Waals surface area contributed by atoms with E-state index in [1.54, 1.807) is 0 Å². The van der Waals surface area contributed by atoms with Gasteiger partial charge in [-0.3, -0.25) is 4.79 Å². The average molecular weight is 529 g/mol. The number of ketones is 1. The van der Waals surface area contributed by atoms with Crippen molar-refractivity contribution in [2.75, 3.05) is 40.3 Å². The molecular formula is C34H60N2O2. The molecule has 38 heavy (non-hydrogen) atoms. The highest BCUT2D eigenvalue weighted by Gasteiger charge is 2.25. The van der Waals surface area contributed by atoms with Crippen molar-refractivity contribution in [3.05, 3.63) is 71.8 Å². The molecule has 4 rings (SSSR count). The fourth-order valence-electron chi connectivity index (χ4n) is 4.38. The predicted octanol–water partition coefficient (Wildman–Crippen LogP) is 8.38. The van der Waals surface area contributed by atoms with Crippen LogP contribution < -0.4 is 0 Å². The summed E-state index contributed by atoms with van der Waals surface area (Å²) in [5.74, 6) is 0.996. The number of rotatable bonds is 4. The number of hydrogen-bond acceptors (Lipinski definition) is 4. The molecule has 2 aliphatic rings. The number of aliphatic hydroxyl groups excluding tert-OH is 1. The highest BCUT2D eigenvalue weighted by molar-refractivity contribution is 5.97. The van der Waals surface area contributed by atoms with Crippen molar-refractivity contribution in [2.24, 2.45) is 11.8 Å². The van der Waals surface area contributed by atoms with Crippen LogP contribution in [0.1, 0.15) is 103 Å². The molecule has 1 N–H and O–H groups in total. The van der Waals surface area contributed by atoms with E-state index in [1.807, 2.05) is 116 Å². The number of Topliss-reactive ketones (excluding diaryl/α,β-unsaturated/α-hetero) is 1. The normalized spacial score (nSPS) is 16.6. The third-order valence-electron chi connectivity index (χ3n) is 6.50. The van der Waals surface area contributed by atoms with E-state index >= 15 is 0 Å². The Morgan fingerprint density at radius 2 is 1.03 bits per heavy atom. The second-order valence-electron chi connectivity index (χ2n) is 8.80. The van der Waals surface area contributed by atoms with E-state index in [1.165, 1.54) is 0 Å². The van der Waals surface area contributed by atoms with Gasteiger partial charge >= 0.3 is 0 Å². The first-order valence-corrected chi connectivity index (χ1v) is 15.2. The SMILES string of the molecule is CC.CC.CC.CC.CN1CCC(C(=O)c2ccccc2)CC1.CN1CCC(C(O)c2ccccc2)CC1. The molecule has 2 aliphatic heterocycles. The Labute approximate surface area is 236 Å². The van der Waals surface area contributed by atoms with E-state index in [0.29, 0.717) is 11.7 Å². The minimum Gasteiger partial charge on any atom is -0.388 e. The molecule has 1 unspecified atom stereocenters. The van der Waals surface area contributed by atoms with Crippen LogP contribution in [0.15, 0.2) is 60.7 Å². The summed E-state index contributed by atoms with van der Waals surface area (Å²) >= 11 is 0. The van der Waals surface area contributed by atoms with E-state index in [2.05, 4.69) is 23.9 Å². The zero-order chi connectivity index (χ0) is 29.3. The lowest BCUT2D eigenvalue weighted by atomic mass is 9.88. The Hall–Kier alpha value is -2.01. The molecular weight excluding hydrogens is 468 g/mol. The Morgan fingerprint density at radius 1 is 0.658 bits per heavy atom. The van der Waals surface area contributed by atoms with Gasteiger partial charge < -0.3 is 14.9 Å². The molecule has 0 bridgehead atoms. The monoisotopic (exact) mass is 528 g/mol. The van der Waals surface area contributed by atoms with Gasteiger partial charge in [0.2, 0.25) is 0 Å². The molecule has 2 fully saturated rings. The molecule has 0 spiro atoms. The highest BCUT2D eigenvalue weighted by atomic mass is 16.3. The Balaban J connectivity index is 0. The van der Waals surface area contributed by atoms with Crippen molar-refractivity contribution in [1.82, 2.24) is 9.80 Å². The van der Waals surface area contributed by atoms with Crippen LogP contribution in [0.4, 0.5) is 0 Å². The van der Waals surface area contributed by atoms with Crippen LogP contribution in [-0.2, 0) is 0 Å². The summed E-state index contributed by atoms with van der Waals surface area (Å²) in [5, 5.41) is 10.2. The summed E-state index contributed by atoms with van der Waals surface area (Å²) in [6.45, 7) is 20.3. The van der Waals surface area contributed by atoms with Gasteiger partial charge in [-0.05, 0) is 77.4 Å². The minimum absolute atomic E-state index is 0.239. The standard InChI is InChI=1S/C13H19NO.C13H17NO.4C2H6/c2*1-14-9-7-12(8-10-14)13(15)11-5-3-2-4-6-11;4*1-2/h2-6,12-13,15H,7-10H2,1H3;2-6,12H,7-10H2,1H3;4*1-2H3. The number of likely N-dealkylation sites (tertiary alicyclic amines) is 2. The van der Waals surface area contributed by atoms with Gasteiger partial charge in [0.05, 0.1) is 6.10 Å². The summed E-state index contributed by atoms with van der Waals surface area (Å²) < 4.78 is 0. The minimum atomic E-state index is -0.278. The summed E-state index contributed by atoms with van der Waals surface area (Å²) in [5.41, 5.74) is 1.93. The first kappa shape index (κ1) is 38.1. The number of nitrogens with zero attached hydrogens (tertiary/aromatic N) is 2. The van der Waals surface area contributed by atoms with Crippen LogP contribution >= 0.6 is 0 Å². The molecule has 4 heteroatoms. The second-order valence-corrected chi connectivity index (χ2v) is 8.80. The summed E-state index contributed by atoms with van der Waals surface area (Å²) in [7, 11) is 4.26. The summed E-state index contributed by atoms with van der Waals surface area (Å²) in [6, 6.07) is 19.7. The number of benzene rings is 2. The first-order chi connectivity index (χ1) is 18.5. The molecule has 1 atom stereocenters. The van der Waals surface area contributed by atoms with Gasteiger partial charge in [-0.1, -0.05) is 116 Å². The number of carbonyl (C=O) groups is 1. The molecule has 0 aromatic heterocycles. The lowest BCUT2D eigenvalue weighted by Gasteiger charge is -2.32. The Kier molecular flexibility index (Phi) is 25.4. The number of aliphatic hydroxyl groups is 1. The topological polar surface area (TPSA) is 43.8 Å². The average Bonchev–Trinajstić information content (AvgIpc) is 3.02. The van der Waals surface area contributed by atoms with Crippen molar-refractivity contribution in [1.29, 1.82) is 0 Å². The van der Waals surface area contributed by atoms with Crippen molar-refractivity contribution >= 4 is 5.78 Å². The van der Waals surface area contributed by atoms with Crippen LogP contribution in [0.25, 0.3) is 0 Å². The zero-order valence-electron chi connectivity index (χ0n) is 26.4. The predicted molar refractivity (Wildman–Crippen MR) is 168 cm³/mol. The van der Waals surface area contributed by atoms with Crippen LogP contribution in [0.5, 0.6) is 0 Å². The maximum Gasteiger partial charge on any atom is 0.166 e. The highest BCUT2D eigenvalue weighted by Crippen LogP contribution is 2.30. The van der Waals surface area contributed by atoms with Gasteiger partial charge in [0.1, 0.15) is 0 Å². The van der Waals surface area contributed by atoms with Gasteiger partial charge in [0.25, 0.3) is 0 Å². The van der Waals surface area contributed by atoms with Crippen molar-refractivity contribution in [2.45, 2.75) is 87.2 Å². The maximum absolute atomic E-state index is 12.1. The van der Waals surface area contributed by atoms with E-state index in [4.69, 9.17) is 0 Å². The quantitative estimate of drug-likeness (QED) is 0.405. The second kappa shape index (κ2) is 25.3. The van der Waals surface area contributed by atoms with Crippen molar-refractivity contribution in [3.63, 3.8) is 0 Å².